The highest BCUT2D eigenvalue weighted by Gasteiger charge is 2.25. The fourth-order valence-electron chi connectivity index (χ4n) is 4.22. The van der Waals surface area contributed by atoms with Crippen LogP contribution in [0.1, 0.15) is 33.2 Å². The van der Waals surface area contributed by atoms with Gasteiger partial charge in [0.15, 0.2) is 0 Å². The lowest BCUT2D eigenvalue weighted by atomic mass is 10.1. The van der Waals surface area contributed by atoms with Crippen molar-refractivity contribution in [3.63, 3.8) is 0 Å². The molecule has 0 radical (unpaired) electrons. The van der Waals surface area contributed by atoms with Gasteiger partial charge in [0, 0.05) is 43.3 Å². The van der Waals surface area contributed by atoms with Crippen molar-refractivity contribution >= 4 is 17.5 Å². The summed E-state index contributed by atoms with van der Waals surface area (Å²) in [5.41, 5.74) is 4.01. The average molecular weight is 479 g/mol. The van der Waals surface area contributed by atoms with E-state index in [4.69, 9.17) is 21.1 Å². The van der Waals surface area contributed by atoms with Crippen LogP contribution in [-0.2, 0) is 11.3 Å². The van der Waals surface area contributed by atoms with Crippen LogP contribution in [0.5, 0.6) is 5.75 Å². The van der Waals surface area contributed by atoms with Crippen molar-refractivity contribution in [1.29, 1.82) is 0 Å². The summed E-state index contributed by atoms with van der Waals surface area (Å²) in [5, 5.41) is 0.707. The molecule has 0 N–H and O–H groups in total. The summed E-state index contributed by atoms with van der Waals surface area (Å²) in [6.45, 7) is 6.27. The summed E-state index contributed by atoms with van der Waals surface area (Å²) in [4.78, 5) is 17.2. The predicted octanol–water partition coefficient (Wildman–Crippen LogP) is 5.37. The molecule has 1 amide bonds. The van der Waals surface area contributed by atoms with Crippen LogP contribution in [0.2, 0.25) is 5.02 Å². The van der Waals surface area contributed by atoms with E-state index in [-0.39, 0.29) is 12.0 Å². The third-order valence-electron chi connectivity index (χ3n) is 6.18. The third kappa shape index (κ3) is 6.38. The first-order valence-corrected chi connectivity index (χ1v) is 12.0. The van der Waals surface area contributed by atoms with Crippen molar-refractivity contribution < 1.29 is 14.3 Å². The molecule has 1 heterocycles. The number of benzene rings is 3. The van der Waals surface area contributed by atoms with Crippen LogP contribution in [0.15, 0.2) is 72.8 Å². The number of nitrogens with zero attached hydrogens (tertiary/aromatic N) is 2. The van der Waals surface area contributed by atoms with Gasteiger partial charge in [0.2, 0.25) is 0 Å². The fourth-order valence-corrected chi connectivity index (χ4v) is 4.35. The highest BCUT2D eigenvalue weighted by Crippen LogP contribution is 2.24. The van der Waals surface area contributed by atoms with Gasteiger partial charge in [-0.15, -0.1) is 0 Å². The van der Waals surface area contributed by atoms with E-state index in [0.29, 0.717) is 24.7 Å². The number of aryl methyl sites for hydroxylation is 1. The number of ether oxygens (including phenoxy) is 2. The molecule has 1 aliphatic rings. The smallest absolute Gasteiger partial charge is 0.253 e. The van der Waals surface area contributed by atoms with E-state index in [2.05, 4.69) is 4.90 Å². The first kappa shape index (κ1) is 24.3. The molecule has 34 heavy (non-hydrogen) atoms. The van der Waals surface area contributed by atoms with Gasteiger partial charge in [0.1, 0.15) is 5.75 Å². The van der Waals surface area contributed by atoms with Gasteiger partial charge in [-0.3, -0.25) is 9.69 Å². The molecule has 1 unspecified atom stereocenters. The molecule has 3 aromatic carbocycles. The van der Waals surface area contributed by atoms with Gasteiger partial charge in [-0.2, -0.15) is 0 Å². The quantitative estimate of drug-likeness (QED) is 0.436. The number of carbonyl (C=O) groups excluding carboxylic acids is 1. The maximum Gasteiger partial charge on any atom is 0.253 e. The number of carbonyl (C=O) groups is 1. The summed E-state index contributed by atoms with van der Waals surface area (Å²) in [6, 6.07) is 23.6. The molecule has 3 aromatic rings. The second-order valence-electron chi connectivity index (χ2n) is 8.67. The zero-order valence-corrected chi connectivity index (χ0v) is 20.5. The van der Waals surface area contributed by atoms with Gasteiger partial charge >= 0.3 is 0 Å². The van der Waals surface area contributed by atoms with E-state index < -0.39 is 0 Å². The monoisotopic (exact) mass is 478 g/mol. The van der Waals surface area contributed by atoms with Gasteiger partial charge in [-0.25, -0.2) is 0 Å². The summed E-state index contributed by atoms with van der Waals surface area (Å²) in [7, 11) is 1.67. The van der Waals surface area contributed by atoms with Gasteiger partial charge in [-0.05, 0) is 54.4 Å². The fraction of sp³-hybridized carbons (Fsp3) is 0.321. The van der Waals surface area contributed by atoms with Gasteiger partial charge in [0.05, 0.1) is 19.8 Å². The molecule has 0 spiro atoms. The van der Waals surface area contributed by atoms with Crippen molar-refractivity contribution in [2.75, 3.05) is 39.8 Å². The molecule has 0 aliphatic carbocycles. The van der Waals surface area contributed by atoms with Crippen molar-refractivity contribution in [2.45, 2.75) is 19.6 Å². The predicted molar refractivity (Wildman–Crippen MR) is 135 cm³/mol. The Labute approximate surface area is 206 Å². The summed E-state index contributed by atoms with van der Waals surface area (Å²) in [6.07, 6.45) is -0.109. The third-order valence-corrected chi connectivity index (χ3v) is 6.43. The number of amides is 1. The SMILES string of the molecule is COc1cccc(COC(CN2CCN(C(=O)c3cccc(C)c3)CC2)c2ccc(Cl)cc2)c1. The van der Waals surface area contributed by atoms with Crippen LogP contribution < -0.4 is 4.74 Å². The molecule has 1 saturated heterocycles. The van der Waals surface area contributed by atoms with E-state index in [1.807, 2.05) is 84.6 Å². The number of rotatable bonds is 8. The Morgan fingerprint density at radius 1 is 0.971 bits per heavy atom. The first-order valence-electron chi connectivity index (χ1n) is 11.6. The number of piperazine rings is 1. The van der Waals surface area contributed by atoms with Crippen LogP contribution in [0.4, 0.5) is 0 Å². The Bertz CT molecular complexity index is 1090. The van der Waals surface area contributed by atoms with Crippen LogP contribution in [0.3, 0.4) is 0 Å². The van der Waals surface area contributed by atoms with Crippen molar-refractivity contribution in [3.05, 3.63) is 100 Å². The Hall–Kier alpha value is -2.86. The van der Waals surface area contributed by atoms with E-state index in [1.54, 1.807) is 7.11 Å². The van der Waals surface area contributed by atoms with E-state index in [0.717, 1.165) is 47.6 Å². The zero-order valence-electron chi connectivity index (χ0n) is 19.7. The number of hydrogen-bond acceptors (Lipinski definition) is 4. The van der Waals surface area contributed by atoms with Crippen molar-refractivity contribution in [1.82, 2.24) is 9.80 Å². The molecular formula is C28H31ClN2O3. The standard InChI is InChI=1S/C28H31ClN2O3/c1-21-5-3-7-24(17-21)28(32)31-15-13-30(14-16-31)19-27(23-9-11-25(29)12-10-23)34-20-22-6-4-8-26(18-22)33-2/h3-12,17-18,27H,13-16,19-20H2,1-2H3. The molecule has 0 saturated carbocycles. The van der Waals surface area contributed by atoms with E-state index in [9.17, 15) is 4.79 Å². The Balaban J connectivity index is 1.39. The molecular weight excluding hydrogens is 448 g/mol. The summed E-state index contributed by atoms with van der Waals surface area (Å²) in [5.74, 6) is 0.922. The molecule has 6 heteroatoms. The minimum Gasteiger partial charge on any atom is -0.497 e. The van der Waals surface area contributed by atoms with Gasteiger partial charge in [0.25, 0.3) is 5.91 Å². The molecule has 1 aliphatic heterocycles. The minimum absolute atomic E-state index is 0.104. The van der Waals surface area contributed by atoms with E-state index in [1.165, 1.54) is 0 Å². The van der Waals surface area contributed by atoms with Crippen LogP contribution in [0.25, 0.3) is 0 Å². The molecule has 1 fully saturated rings. The molecule has 1 atom stereocenters. The van der Waals surface area contributed by atoms with Crippen molar-refractivity contribution in [3.8, 4) is 5.75 Å². The largest absolute Gasteiger partial charge is 0.497 e. The Morgan fingerprint density at radius 2 is 1.71 bits per heavy atom. The Kier molecular flexibility index (Phi) is 8.22. The molecule has 5 nitrogen and oxygen atoms in total. The highest BCUT2D eigenvalue weighted by molar-refractivity contribution is 6.30. The maximum atomic E-state index is 12.9. The van der Waals surface area contributed by atoms with Crippen LogP contribution in [0, 0.1) is 6.92 Å². The second-order valence-corrected chi connectivity index (χ2v) is 9.10. The number of methoxy groups -OCH3 is 1. The zero-order chi connectivity index (χ0) is 23.9. The van der Waals surface area contributed by atoms with Gasteiger partial charge < -0.3 is 14.4 Å². The molecule has 4 rings (SSSR count). The molecule has 178 valence electrons. The highest BCUT2D eigenvalue weighted by atomic mass is 35.5. The first-order chi connectivity index (χ1) is 16.5. The van der Waals surface area contributed by atoms with Crippen LogP contribution >= 0.6 is 11.6 Å². The topological polar surface area (TPSA) is 42.0 Å². The molecule has 0 bridgehead atoms. The lowest BCUT2D eigenvalue weighted by molar-refractivity contribution is 0.00337. The summed E-state index contributed by atoms with van der Waals surface area (Å²) < 4.78 is 11.7. The number of hydrogen-bond donors (Lipinski definition) is 0. The molecule has 0 aromatic heterocycles. The van der Waals surface area contributed by atoms with Crippen molar-refractivity contribution in [2.24, 2.45) is 0 Å². The number of halogens is 1. The van der Waals surface area contributed by atoms with Crippen LogP contribution in [-0.4, -0.2) is 55.5 Å². The van der Waals surface area contributed by atoms with E-state index >= 15 is 0 Å². The summed E-state index contributed by atoms with van der Waals surface area (Å²) >= 11 is 6.12. The Morgan fingerprint density at radius 3 is 2.41 bits per heavy atom. The normalized spacial score (nSPS) is 15.2. The van der Waals surface area contributed by atoms with Gasteiger partial charge in [-0.1, -0.05) is 53.6 Å². The maximum absolute atomic E-state index is 12.9. The lowest BCUT2D eigenvalue weighted by Gasteiger charge is -2.36. The minimum atomic E-state index is -0.109. The lowest BCUT2D eigenvalue weighted by Crippen LogP contribution is -2.49. The second kappa shape index (κ2) is 11.5. The average Bonchev–Trinajstić information content (AvgIpc) is 2.87.